The molecule has 0 spiro atoms. The summed E-state index contributed by atoms with van der Waals surface area (Å²) in [7, 11) is 1.88. The van der Waals surface area contributed by atoms with Crippen LogP contribution < -0.4 is 10.2 Å². The molecule has 8 heteroatoms. The van der Waals surface area contributed by atoms with Crippen molar-refractivity contribution in [3.63, 3.8) is 0 Å². The number of likely N-dealkylation sites (tertiary alicyclic amines) is 1. The van der Waals surface area contributed by atoms with Gasteiger partial charge in [-0.3, -0.25) is 4.99 Å². The third-order valence-electron chi connectivity index (χ3n) is 5.28. The molecule has 2 fully saturated rings. The highest BCUT2D eigenvalue weighted by atomic mass is 127. The SMILES string of the molecule is CN=C(NCCN1CC(C)CC(C)C1)N1CCN(c2ncccn2)CC1.I. The first-order valence-corrected chi connectivity index (χ1v) is 9.85. The minimum Gasteiger partial charge on any atom is -0.355 e. The van der Waals surface area contributed by atoms with Crippen molar-refractivity contribution in [2.45, 2.75) is 20.3 Å². The Morgan fingerprint density at radius 3 is 2.33 bits per heavy atom. The molecule has 0 amide bonds. The Bertz CT molecular complexity index is 565. The number of anilines is 1. The Morgan fingerprint density at radius 1 is 1.11 bits per heavy atom. The first-order valence-electron chi connectivity index (χ1n) is 9.85. The minimum absolute atomic E-state index is 0. The molecule has 2 unspecified atom stereocenters. The number of piperazine rings is 1. The fourth-order valence-corrected chi connectivity index (χ4v) is 4.21. The largest absolute Gasteiger partial charge is 0.355 e. The molecule has 0 aromatic carbocycles. The average molecular weight is 487 g/mol. The normalized spacial score (nSPS) is 24.5. The first-order chi connectivity index (χ1) is 12.7. The van der Waals surface area contributed by atoms with Gasteiger partial charge in [0.05, 0.1) is 0 Å². The van der Waals surface area contributed by atoms with Gasteiger partial charge in [-0.05, 0) is 24.3 Å². The Morgan fingerprint density at radius 2 is 1.74 bits per heavy atom. The molecule has 1 N–H and O–H groups in total. The molecule has 3 rings (SSSR count). The van der Waals surface area contributed by atoms with Crippen molar-refractivity contribution in [1.82, 2.24) is 25.1 Å². The molecule has 0 bridgehead atoms. The van der Waals surface area contributed by atoms with E-state index in [0.717, 1.165) is 63.0 Å². The van der Waals surface area contributed by atoms with Crippen LogP contribution in [0.15, 0.2) is 23.5 Å². The Hall–Kier alpha value is -1.16. The molecule has 1 aromatic rings. The van der Waals surface area contributed by atoms with Crippen molar-refractivity contribution in [2.75, 3.05) is 64.3 Å². The zero-order valence-corrected chi connectivity index (χ0v) is 19.2. The number of nitrogens with one attached hydrogen (secondary N) is 1. The summed E-state index contributed by atoms with van der Waals surface area (Å²) < 4.78 is 0. The molecular weight excluding hydrogens is 453 g/mol. The van der Waals surface area contributed by atoms with Gasteiger partial charge in [0.25, 0.3) is 0 Å². The summed E-state index contributed by atoms with van der Waals surface area (Å²) in [5, 5.41) is 3.56. The van der Waals surface area contributed by atoms with E-state index in [9.17, 15) is 0 Å². The number of halogens is 1. The van der Waals surface area contributed by atoms with Crippen molar-refractivity contribution in [2.24, 2.45) is 16.8 Å². The van der Waals surface area contributed by atoms with Crippen LogP contribution in [-0.2, 0) is 0 Å². The molecule has 152 valence electrons. The highest BCUT2D eigenvalue weighted by Crippen LogP contribution is 2.20. The lowest BCUT2D eigenvalue weighted by atomic mass is 9.92. The summed E-state index contributed by atoms with van der Waals surface area (Å²) in [6.45, 7) is 12.9. The molecule has 2 aliphatic rings. The lowest BCUT2D eigenvalue weighted by Gasteiger charge is -2.37. The van der Waals surface area contributed by atoms with E-state index in [1.165, 1.54) is 19.5 Å². The fraction of sp³-hybridized carbons (Fsp3) is 0.737. The van der Waals surface area contributed by atoms with Gasteiger partial charge in [0.15, 0.2) is 5.96 Å². The summed E-state index contributed by atoms with van der Waals surface area (Å²) in [5.41, 5.74) is 0. The van der Waals surface area contributed by atoms with Crippen molar-refractivity contribution in [1.29, 1.82) is 0 Å². The number of nitrogens with zero attached hydrogens (tertiary/aromatic N) is 6. The van der Waals surface area contributed by atoms with Crippen molar-refractivity contribution >= 4 is 35.9 Å². The van der Waals surface area contributed by atoms with Crippen LogP contribution in [0.3, 0.4) is 0 Å². The number of piperidine rings is 1. The van der Waals surface area contributed by atoms with E-state index in [2.05, 4.69) is 48.8 Å². The zero-order chi connectivity index (χ0) is 18.4. The number of aliphatic imine (C=N–C) groups is 1. The number of guanidine groups is 1. The number of rotatable bonds is 4. The highest BCUT2D eigenvalue weighted by Gasteiger charge is 2.23. The predicted molar refractivity (Wildman–Crippen MR) is 122 cm³/mol. The Balaban J connectivity index is 0.00000261. The molecule has 2 saturated heterocycles. The van der Waals surface area contributed by atoms with Crippen LogP contribution in [0.1, 0.15) is 20.3 Å². The van der Waals surface area contributed by atoms with Crippen molar-refractivity contribution < 1.29 is 0 Å². The molecule has 0 saturated carbocycles. The van der Waals surface area contributed by atoms with Crippen LogP contribution >= 0.6 is 24.0 Å². The quantitative estimate of drug-likeness (QED) is 0.397. The summed E-state index contributed by atoms with van der Waals surface area (Å²) in [5.74, 6) is 3.46. The van der Waals surface area contributed by atoms with Crippen LogP contribution in [0.5, 0.6) is 0 Å². The topological polar surface area (TPSA) is 59.9 Å². The Labute approximate surface area is 180 Å². The van der Waals surface area contributed by atoms with Gasteiger partial charge >= 0.3 is 0 Å². The van der Waals surface area contributed by atoms with Gasteiger partial charge in [-0.25, -0.2) is 9.97 Å². The molecule has 0 radical (unpaired) electrons. The summed E-state index contributed by atoms with van der Waals surface area (Å²) >= 11 is 0. The molecule has 7 nitrogen and oxygen atoms in total. The standard InChI is InChI=1S/C19H33N7.HI/c1-16-13-17(2)15-24(14-16)8-7-23-18(20-3)25-9-11-26(12-10-25)19-21-5-4-6-22-19;/h4-6,16-17H,7-15H2,1-3H3,(H,20,23);1H. The van der Waals surface area contributed by atoms with E-state index in [4.69, 9.17) is 0 Å². The number of aromatic nitrogens is 2. The van der Waals surface area contributed by atoms with E-state index >= 15 is 0 Å². The molecular formula is C19H34IN7. The predicted octanol–water partition coefficient (Wildman–Crippen LogP) is 1.77. The summed E-state index contributed by atoms with van der Waals surface area (Å²) in [4.78, 5) is 20.3. The molecule has 2 atom stereocenters. The summed E-state index contributed by atoms with van der Waals surface area (Å²) in [6, 6.07) is 1.86. The molecule has 3 heterocycles. The first kappa shape index (κ1) is 22.1. The second-order valence-corrected chi connectivity index (χ2v) is 7.70. The van der Waals surface area contributed by atoms with E-state index in [-0.39, 0.29) is 24.0 Å². The van der Waals surface area contributed by atoms with Crippen LogP contribution in [-0.4, -0.2) is 85.1 Å². The number of hydrogen-bond acceptors (Lipinski definition) is 5. The van der Waals surface area contributed by atoms with Gasteiger partial charge < -0.3 is 20.0 Å². The van der Waals surface area contributed by atoms with Gasteiger partial charge in [0.2, 0.25) is 5.95 Å². The summed E-state index contributed by atoms with van der Waals surface area (Å²) in [6.07, 6.45) is 4.97. The van der Waals surface area contributed by atoms with E-state index in [1.54, 1.807) is 12.4 Å². The van der Waals surface area contributed by atoms with Crippen LogP contribution in [0.4, 0.5) is 5.95 Å². The lowest BCUT2D eigenvalue weighted by Crippen LogP contribution is -2.54. The molecule has 1 aromatic heterocycles. The third kappa shape index (κ3) is 6.44. The smallest absolute Gasteiger partial charge is 0.225 e. The van der Waals surface area contributed by atoms with Gasteiger partial charge in [-0.2, -0.15) is 0 Å². The van der Waals surface area contributed by atoms with Crippen LogP contribution in [0.2, 0.25) is 0 Å². The maximum Gasteiger partial charge on any atom is 0.225 e. The van der Waals surface area contributed by atoms with Crippen LogP contribution in [0, 0.1) is 11.8 Å². The van der Waals surface area contributed by atoms with Crippen molar-refractivity contribution in [3.8, 4) is 0 Å². The second-order valence-electron chi connectivity index (χ2n) is 7.70. The second kappa shape index (κ2) is 11.0. The van der Waals surface area contributed by atoms with Gasteiger partial charge in [0, 0.05) is 71.8 Å². The maximum absolute atomic E-state index is 4.49. The molecule has 0 aliphatic carbocycles. The third-order valence-corrected chi connectivity index (χ3v) is 5.28. The lowest BCUT2D eigenvalue weighted by molar-refractivity contribution is 0.143. The molecule has 27 heavy (non-hydrogen) atoms. The van der Waals surface area contributed by atoms with Crippen LogP contribution in [0.25, 0.3) is 0 Å². The Kier molecular flexibility index (Phi) is 9.01. The number of hydrogen-bond donors (Lipinski definition) is 1. The van der Waals surface area contributed by atoms with Gasteiger partial charge in [-0.1, -0.05) is 13.8 Å². The average Bonchev–Trinajstić information content (AvgIpc) is 2.65. The highest BCUT2D eigenvalue weighted by molar-refractivity contribution is 14.0. The maximum atomic E-state index is 4.49. The van der Waals surface area contributed by atoms with Crippen molar-refractivity contribution in [3.05, 3.63) is 18.5 Å². The van der Waals surface area contributed by atoms with E-state index < -0.39 is 0 Å². The molecule has 2 aliphatic heterocycles. The monoisotopic (exact) mass is 487 g/mol. The van der Waals surface area contributed by atoms with Gasteiger partial charge in [0.1, 0.15) is 0 Å². The zero-order valence-electron chi connectivity index (χ0n) is 16.8. The van der Waals surface area contributed by atoms with Gasteiger partial charge in [-0.15, -0.1) is 24.0 Å². The van der Waals surface area contributed by atoms with E-state index in [0.29, 0.717) is 0 Å². The minimum atomic E-state index is 0. The fourth-order valence-electron chi connectivity index (χ4n) is 4.21. The van der Waals surface area contributed by atoms with E-state index in [1.807, 2.05) is 13.1 Å².